The zero-order valence-corrected chi connectivity index (χ0v) is 18.0. The minimum Gasteiger partial charge on any atom is -0.495 e. The van der Waals surface area contributed by atoms with Gasteiger partial charge in [0.1, 0.15) is 11.5 Å². The molecule has 0 fully saturated rings. The summed E-state index contributed by atoms with van der Waals surface area (Å²) >= 11 is 5.32. The molecule has 9 heteroatoms. The molecule has 0 bridgehead atoms. The first-order valence-corrected chi connectivity index (χ1v) is 10.8. The number of nitrogens with one attached hydrogen (secondary N) is 3. The topological polar surface area (TPSA) is 88.7 Å². The Balaban J connectivity index is 1.80. The predicted molar refractivity (Wildman–Crippen MR) is 123 cm³/mol. The van der Waals surface area contributed by atoms with E-state index in [9.17, 15) is 8.42 Å². The number of hydrogen-bond donors (Lipinski definition) is 3. The summed E-state index contributed by atoms with van der Waals surface area (Å²) < 4.78 is 38.8. The number of ether oxygens (including phenoxy) is 2. The Hall–Kier alpha value is -3.30. The first-order chi connectivity index (χ1) is 14.4. The number of benzene rings is 3. The van der Waals surface area contributed by atoms with Crippen LogP contribution in [0.5, 0.6) is 11.5 Å². The molecule has 3 aromatic carbocycles. The molecule has 0 amide bonds. The van der Waals surface area contributed by atoms with Crippen molar-refractivity contribution in [3.05, 3.63) is 72.8 Å². The van der Waals surface area contributed by atoms with Gasteiger partial charge in [-0.25, -0.2) is 8.42 Å². The van der Waals surface area contributed by atoms with Gasteiger partial charge in [0.25, 0.3) is 10.0 Å². The minimum atomic E-state index is -3.86. The van der Waals surface area contributed by atoms with Crippen molar-refractivity contribution in [1.29, 1.82) is 0 Å². The largest absolute Gasteiger partial charge is 0.495 e. The van der Waals surface area contributed by atoms with Gasteiger partial charge in [-0.1, -0.05) is 30.3 Å². The molecule has 156 valence electrons. The first-order valence-electron chi connectivity index (χ1n) is 8.90. The Morgan fingerprint density at radius 2 is 1.47 bits per heavy atom. The van der Waals surface area contributed by atoms with Crippen LogP contribution in [0.4, 0.5) is 17.1 Å². The molecular weight excluding hydrogens is 422 g/mol. The van der Waals surface area contributed by atoms with Crippen LogP contribution in [0.3, 0.4) is 0 Å². The quantitative estimate of drug-likeness (QED) is 0.469. The Bertz CT molecular complexity index is 1140. The monoisotopic (exact) mass is 443 g/mol. The van der Waals surface area contributed by atoms with Gasteiger partial charge < -0.3 is 20.1 Å². The fraction of sp³-hybridized carbons (Fsp3) is 0.0952. The van der Waals surface area contributed by atoms with Gasteiger partial charge in [-0.3, -0.25) is 4.72 Å². The third kappa shape index (κ3) is 5.19. The Kier molecular flexibility index (Phi) is 6.76. The zero-order chi connectivity index (χ0) is 21.6. The predicted octanol–water partition coefficient (Wildman–Crippen LogP) is 4.31. The highest BCUT2D eigenvalue weighted by Gasteiger charge is 2.19. The second-order valence-electron chi connectivity index (χ2n) is 6.11. The van der Waals surface area contributed by atoms with E-state index >= 15 is 0 Å². The first kappa shape index (κ1) is 21.4. The lowest BCUT2D eigenvalue weighted by atomic mass is 10.3. The van der Waals surface area contributed by atoms with Crippen LogP contribution in [0.1, 0.15) is 0 Å². The van der Waals surface area contributed by atoms with Crippen molar-refractivity contribution < 1.29 is 17.9 Å². The molecule has 30 heavy (non-hydrogen) atoms. The average molecular weight is 444 g/mol. The molecule has 0 saturated carbocycles. The number of rotatable bonds is 7. The molecule has 0 unspecified atom stereocenters. The van der Waals surface area contributed by atoms with E-state index in [2.05, 4.69) is 15.4 Å². The summed E-state index contributed by atoms with van der Waals surface area (Å²) in [5.74, 6) is 0.749. The van der Waals surface area contributed by atoms with E-state index in [1.54, 1.807) is 30.3 Å². The Morgan fingerprint density at radius 3 is 2.17 bits per heavy atom. The summed E-state index contributed by atoms with van der Waals surface area (Å²) in [7, 11) is -0.927. The highest BCUT2D eigenvalue weighted by atomic mass is 32.2. The van der Waals surface area contributed by atoms with Gasteiger partial charge in [0.15, 0.2) is 5.11 Å². The van der Waals surface area contributed by atoms with Crippen molar-refractivity contribution in [3.8, 4) is 11.5 Å². The molecule has 3 aromatic rings. The van der Waals surface area contributed by atoms with Crippen LogP contribution >= 0.6 is 12.2 Å². The number of anilines is 3. The smallest absolute Gasteiger partial charge is 0.262 e. The van der Waals surface area contributed by atoms with Crippen molar-refractivity contribution in [3.63, 3.8) is 0 Å². The number of sulfonamides is 1. The number of para-hydroxylation sites is 3. The Labute approximate surface area is 181 Å². The average Bonchev–Trinajstić information content (AvgIpc) is 2.74. The molecule has 3 N–H and O–H groups in total. The van der Waals surface area contributed by atoms with Crippen LogP contribution < -0.4 is 24.8 Å². The fourth-order valence-electron chi connectivity index (χ4n) is 2.68. The summed E-state index contributed by atoms with van der Waals surface area (Å²) in [5.41, 5.74) is 1.70. The summed E-state index contributed by atoms with van der Waals surface area (Å²) in [6, 6.07) is 20.7. The van der Waals surface area contributed by atoms with Crippen molar-refractivity contribution in [2.24, 2.45) is 0 Å². The van der Waals surface area contributed by atoms with Crippen LogP contribution in [0, 0.1) is 0 Å². The van der Waals surface area contributed by atoms with Gasteiger partial charge >= 0.3 is 0 Å². The third-order valence-corrected chi connectivity index (χ3v) is 5.68. The molecule has 0 heterocycles. The molecule has 0 aliphatic carbocycles. The lowest BCUT2D eigenvalue weighted by molar-refractivity contribution is 0.415. The lowest BCUT2D eigenvalue weighted by Gasteiger charge is -2.16. The highest BCUT2D eigenvalue weighted by Crippen LogP contribution is 2.30. The number of thiocarbonyl (C=S) groups is 1. The molecule has 0 atom stereocenters. The standard InChI is InChI=1S/C21H21N3O4S2/c1-27-19-11-7-6-10-18(19)24-30(25,26)16-12-13-17(20(14-16)28-2)23-21(29)22-15-8-4-3-5-9-15/h3-14,24H,1-2H3,(H2,22,23,29). The molecule has 0 spiro atoms. The van der Waals surface area contributed by atoms with Gasteiger partial charge in [-0.2, -0.15) is 0 Å². The van der Waals surface area contributed by atoms with E-state index in [1.165, 1.54) is 26.4 Å². The van der Waals surface area contributed by atoms with Crippen molar-refractivity contribution >= 4 is 44.4 Å². The summed E-state index contributed by atoms with van der Waals surface area (Å²) in [5, 5.41) is 6.42. The van der Waals surface area contributed by atoms with Gasteiger partial charge in [0.05, 0.1) is 30.5 Å². The van der Waals surface area contributed by atoms with Crippen molar-refractivity contribution in [1.82, 2.24) is 0 Å². The molecule has 0 radical (unpaired) electrons. The summed E-state index contributed by atoms with van der Waals surface area (Å²) in [4.78, 5) is 0.0396. The SMILES string of the molecule is COc1cc(S(=O)(=O)Nc2ccccc2OC)ccc1NC(=S)Nc1ccccc1. The van der Waals surface area contributed by atoms with Crippen molar-refractivity contribution in [2.45, 2.75) is 4.90 Å². The van der Waals surface area contributed by atoms with E-state index in [-0.39, 0.29) is 4.90 Å². The molecular formula is C21H21N3O4S2. The van der Waals surface area contributed by atoms with E-state index in [1.807, 2.05) is 30.3 Å². The van der Waals surface area contributed by atoms with Crippen LogP contribution in [0.2, 0.25) is 0 Å². The summed E-state index contributed by atoms with van der Waals surface area (Å²) in [6.07, 6.45) is 0. The van der Waals surface area contributed by atoms with Crippen LogP contribution in [0.15, 0.2) is 77.7 Å². The van der Waals surface area contributed by atoms with E-state index in [4.69, 9.17) is 21.7 Å². The maximum Gasteiger partial charge on any atom is 0.262 e. The summed E-state index contributed by atoms with van der Waals surface area (Å²) in [6.45, 7) is 0. The van der Waals surface area contributed by atoms with Gasteiger partial charge in [0, 0.05) is 11.8 Å². The van der Waals surface area contributed by atoms with Crippen LogP contribution in [-0.2, 0) is 10.0 Å². The van der Waals surface area contributed by atoms with Crippen LogP contribution in [-0.4, -0.2) is 27.7 Å². The number of methoxy groups -OCH3 is 2. The molecule has 0 aromatic heterocycles. The molecule has 7 nitrogen and oxygen atoms in total. The minimum absolute atomic E-state index is 0.0396. The second kappa shape index (κ2) is 9.47. The highest BCUT2D eigenvalue weighted by molar-refractivity contribution is 7.92. The van der Waals surface area contributed by atoms with Gasteiger partial charge in [-0.15, -0.1) is 0 Å². The molecule has 0 saturated heterocycles. The van der Waals surface area contributed by atoms with E-state index in [0.29, 0.717) is 28.0 Å². The number of hydrogen-bond acceptors (Lipinski definition) is 5. The maximum absolute atomic E-state index is 12.8. The fourth-order valence-corrected chi connectivity index (χ4v) is 3.99. The lowest BCUT2D eigenvalue weighted by Crippen LogP contribution is -2.20. The van der Waals surface area contributed by atoms with Crippen LogP contribution in [0.25, 0.3) is 0 Å². The van der Waals surface area contributed by atoms with E-state index in [0.717, 1.165) is 5.69 Å². The Morgan fingerprint density at radius 1 is 0.800 bits per heavy atom. The zero-order valence-electron chi connectivity index (χ0n) is 16.4. The van der Waals surface area contributed by atoms with Crippen molar-refractivity contribution in [2.75, 3.05) is 29.6 Å². The molecule has 0 aliphatic heterocycles. The normalized spacial score (nSPS) is 10.7. The van der Waals surface area contributed by atoms with Gasteiger partial charge in [0.2, 0.25) is 0 Å². The molecule has 3 rings (SSSR count). The maximum atomic E-state index is 12.8. The third-order valence-electron chi connectivity index (χ3n) is 4.11. The molecule has 0 aliphatic rings. The second-order valence-corrected chi connectivity index (χ2v) is 8.20. The van der Waals surface area contributed by atoms with Gasteiger partial charge in [-0.05, 0) is 48.6 Å². The van der Waals surface area contributed by atoms with E-state index < -0.39 is 10.0 Å².